The third kappa shape index (κ3) is 3.30. The van der Waals surface area contributed by atoms with Gasteiger partial charge in [0.15, 0.2) is 0 Å². The van der Waals surface area contributed by atoms with Gasteiger partial charge in [0.2, 0.25) is 0 Å². The highest BCUT2D eigenvalue weighted by molar-refractivity contribution is 9.09. The molecule has 2 rings (SSSR count). The average molecular weight is 327 g/mol. The summed E-state index contributed by atoms with van der Waals surface area (Å²) in [5.74, 6) is -0.149. The Labute approximate surface area is 119 Å². The molecule has 0 radical (unpaired) electrons. The maximum atomic E-state index is 12.2. The van der Waals surface area contributed by atoms with Crippen molar-refractivity contribution < 1.29 is 9.53 Å². The lowest BCUT2D eigenvalue weighted by atomic mass is 10.2. The van der Waals surface area contributed by atoms with Crippen molar-refractivity contribution in [3.05, 3.63) is 30.4 Å². The Morgan fingerprint density at radius 1 is 1.58 bits per heavy atom. The van der Waals surface area contributed by atoms with Gasteiger partial charge in [0.25, 0.3) is 5.91 Å². The molecule has 0 bridgehead atoms. The first-order valence-electron chi connectivity index (χ1n) is 5.89. The summed E-state index contributed by atoms with van der Waals surface area (Å²) in [6, 6.07) is 0.0269. The number of halogens is 1. The van der Waals surface area contributed by atoms with Gasteiger partial charge in [0.1, 0.15) is 0 Å². The van der Waals surface area contributed by atoms with Gasteiger partial charge in [-0.05, 0) is 6.42 Å². The van der Waals surface area contributed by atoms with E-state index < -0.39 is 0 Å². The van der Waals surface area contributed by atoms with E-state index in [0.29, 0.717) is 23.0 Å². The number of hydrogen-bond acceptors (Lipinski definition) is 4. The number of nitrogens with one attached hydrogen (secondary N) is 1. The van der Waals surface area contributed by atoms with Crippen LogP contribution in [0.4, 0.5) is 0 Å². The first-order chi connectivity index (χ1) is 9.26. The summed E-state index contributed by atoms with van der Waals surface area (Å²) in [4.78, 5) is 16.2. The van der Waals surface area contributed by atoms with Gasteiger partial charge < -0.3 is 10.1 Å². The van der Waals surface area contributed by atoms with Crippen molar-refractivity contribution in [1.82, 2.24) is 19.9 Å². The van der Waals surface area contributed by atoms with E-state index in [4.69, 9.17) is 4.74 Å². The molecule has 1 amide bonds. The van der Waals surface area contributed by atoms with Gasteiger partial charge in [0.05, 0.1) is 23.5 Å². The van der Waals surface area contributed by atoms with Crippen molar-refractivity contribution in [3.8, 4) is 0 Å². The lowest BCUT2D eigenvalue weighted by Crippen LogP contribution is -2.36. The summed E-state index contributed by atoms with van der Waals surface area (Å²) in [6.07, 6.45) is 7.26. The summed E-state index contributed by atoms with van der Waals surface area (Å²) >= 11 is 3.38. The van der Waals surface area contributed by atoms with Crippen LogP contribution in [0, 0.1) is 0 Å². The van der Waals surface area contributed by atoms with E-state index in [9.17, 15) is 4.79 Å². The van der Waals surface area contributed by atoms with E-state index in [0.717, 1.165) is 6.42 Å². The number of fused-ring (bicyclic) bond motifs is 1. The highest BCUT2D eigenvalue weighted by Crippen LogP contribution is 2.09. The van der Waals surface area contributed by atoms with Crippen molar-refractivity contribution in [2.75, 3.05) is 19.0 Å². The number of alkyl halides is 1. The van der Waals surface area contributed by atoms with Crippen molar-refractivity contribution in [1.29, 1.82) is 0 Å². The predicted octanol–water partition coefficient (Wildman–Crippen LogP) is 1.26. The van der Waals surface area contributed by atoms with Gasteiger partial charge in [-0.15, -0.1) is 0 Å². The van der Waals surface area contributed by atoms with Crippen LogP contribution in [0.1, 0.15) is 16.8 Å². The minimum atomic E-state index is -0.149. The molecule has 1 unspecified atom stereocenters. The van der Waals surface area contributed by atoms with Gasteiger partial charge in [-0.1, -0.05) is 15.9 Å². The molecule has 1 N–H and O–H groups in total. The topological polar surface area (TPSA) is 68.5 Å². The normalized spacial score (nSPS) is 12.5. The summed E-state index contributed by atoms with van der Waals surface area (Å²) < 4.78 is 6.64. The Bertz CT molecular complexity index is 557. The van der Waals surface area contributed by atoms with Crippen LogP contribution in [0.15, 0.2) is 24.8 Å². The molecule has 2 aromatic rings. The third-order valence-corrected chi connectivity index (χ3v) is 3.54. The lowest BCUT2D eigenvalue weighted by Gasteiger charge is -2.15. The zero-order valence-corrected chi connectivity index (χ0v) is 12.1. The fourth-order valence-electron chi connectivity index (χ4n) is 1.72. The first kappa shape index (κ1) is 14.0. The molecule has 2 aromatic heterocycles. The molecule has 0 aliphatic rings. The highest BCUT2D eigenvalue weighted by Gasteiger charge is 2.16. The standard InChI is InChI=1S/C12H15BrN4O2/c1-19-5-2-9(6-13)16-12(18)10-7-15-17-4-3-14-8-11(10)17/h3-4,7-9H,2,5-6H2,1H3,(H,16,18). The number of hydrogen-bond donors (Lipinski definition) is 1. The molecule has 0 spiro atoms. The van der Waals surface area contributed by atoms with Crippen LogP contribution in [-0.4, -0.2) is 45.6 Å². The number of methoxy groups -OCH3 is 1. The molecule has 7 heteroatoms. The number of aromatic nitrogens is 3. The van der Waals surface area contributed by atoms with Crippen LogP contribution in [-0.2, 0) is 4.74 Å². The summed E-state index contributed by atoms with van der Waals surface area (Å²) in [5, 5.41) is 7.74. The van der Waals surface area contributed by atoms with E-state index in [-0.39, 0.29) is 11.9 Å². The van der Waals surface area contributed by atoms with Crippen molar-refractivity contribution in [3.63, 3.8) is 0 Å². The monoisotopic (exact) mass is 326 g/mol. The zero-order chi connectivity index (χ0) is 13.7. The molecule has 0 aromatic carbocycles. The van der Waals surface area contributed by atoms with E-state index >= 15 is 0 Å². The first-order valence-corrected chi connectivity index (χ1v) is 7.01. The van der Waals surface area contributed by atoms with Gasteiger partial charge >= 0.3 is 0 Å². The van der Waals surface area contributed by atoms with Crippen LogP contribution in [0.5, 0.6) is 0 Å². The quantitative estimate of drug-likeness (QED) is 0.811. The largest absolute Gasteiger partial charge is 0.385 e. The number of rotatable bonds is 6. The van der Waals surface area contributed by atoms with Gasteiger partial charge in [-0.3, -0.25) is 9.78 Å². The van der Waals surface area contributed by atoms with Crippen molar-refractivity contribution >= 4 is 27.4 Å². The average Bonchev–Trinajstić information content (AvgIpc) is 2.87. The second-order valence-corrected chi connectivity index (χ2v) is 4.72. The maximum Gasteiger partial charge on any atom is 0.255 e. The van der Waals surface area contributed by atoms with Crippen LogP contribution in [0.3, 0.4) is 0 Å². The minimum Gasteiger partial charge on any atom is -0.385 e. The molecule has 0 aliphatic carbocycles. The van der Waals surface area contributed by atoms with E-state index in [1.54, 1.807) is 36.4 Å². The number of carbonyl (C=O) groups excluding carboxylic acids is 1. The maximum absolute atomic E-state index is 12.2. The summed E-state index contributed by atoms with van der Waals surface area (Å²) in [7, 11) is 1.64. The van der Waals surface area contributed by atoms with Crippen LogP contribution >= 0.6 is 15.9 Å². The van der Waals surface area contributed by atoms with Gasteiger partial charge in [-0.2, -0.15) is 5.10 Å². The Balaban J connectivity index is 2.10. The van der Waals surface area contributed by atoms with Crippen LogP contribution in [0.2, 0.25) is 0 Å². The molecular formula is C12H15BrN4O2. The molecule has 0 saturated carbocycles. The molecule has 2 heterocycles. The SMILES string of the molecule is COCCC(CBr)NC(=O)c1cnn2ccncc12. The Morgan fingerprint density at radius 2 is 2.42 bits per heavy atom. The summed E-state index contributed by atoms with van der Waals surface area (Å²) in [6.45, 7) is 0.604. The number of nitrogens with zero attached hydrogens (tertiary/aromatic N) is 3. The van der Waals surface area contributed by atoms with Gasteiger partial charge in [-0.25, -0.2) is 4.52 Å². The summed E-state index contributed by atoms with van der Waals surface area (Å²) in [5.41, 5.74) is 1.22. The van der Waals surface area contributed by atoms with Gasteiger partial charge in [0, 0.05) is 37.5 Å². The van der Waals surface area contributed by atoms with E-state index in [1.165, 1.54) is 0 Å². The zero-order valence-electron chi connectivity index (χ0n) is 10.5. The number of ether oxygens (including phenoxy) is 1. The molecule has 19 heavy (non-hydrogen) atoms. The highest BCUT2D eigenvalue weighted by atomic mass is 79.9. The van der Waals surface area contributed by atoms with Crippen LogP contribution < -0.4 is 5.32 Å². The third-order valence-electron chi connectivity index (χ3n) is 2.76. The molecule has 102 valence electrons. The Hall–Kier alpha value is -1.47. The smallest absolute Gasteiger partial charge is 0.255 e. The molecule has 0 aliphatic heterocycles. The minimum absolute atomic E-state index is 0.0269. The molecule has 0 saturated heterocycles. The number of carbonyl (C=O) groups is 1. The van der Waals surface area contributed by atoms with Crippen LogP contribution in [0.25, 0.3) is 5.52 Å². The van der Waals surface area contributed by atoms with E-state index in [1.807, 2.05) is 0 Å². The second kappa shape index (κ2) is 6.63. The lowest BCUT2D eigenvalue weighted by molar-refractivity contribution is 0.0932. The Kier molecular flexibility index (Phi) is 4.86. The molecule has 0 fully saturated rings. The molecular weight excluding hydrogens is 312 g/mol. The molecule has 1 atom stereocenters. The van der Waals surface area contributed by atoms with E-state index in [2.05, 4.69) is 31.3 Å². The second-order valence-electron chi connectivity index (χ2n) is 4.07. The number of amides is 1. The fourth-order valence-corrected chi connectivity index (χ4v) is 2.21. The van der Waals surface area contributed by atoms with Crippen molar-refractivity contribution in [2.24, 2.45) is 0 Å². The Morgan fingerprint density at radius 3 is 3.16 bits per heavy atom. The molecule has 6 nitrogen and oxygen atoms in total. The predicted molar refractivity (Wildman–Crippen MR) is 74.5 cm³/mol. The van der Waals surface area contributed by atoms with Crippen molar-refractivity contribution in [2.45, 2.75) is 12.5 Å². The fraction of sp³-hybridized carbons (Fsp3) is 0.417.